The summed E-state index contributed by atoms with van der Waals surface area (Å²) < 4.78 is 0. The molecule has 0 radical (unpaired) electrons. The monoisotopic (exact) mass is 267 g/mol. The molecule has 2 saturated heterocycles. The standard InChI is InChI=1S/C16H33N3/c1-15(2,3)14-12-19(11-8-17-14)13-16(4)6-9-18(5)10-7-16/h14,17H,6-13H2,1-5H3. The van der Waals surface area contributed by atoms with Crippen molar-refractivity contribution in [3.05, 3.63) is 0 Å². The van der Waals surface area contributed by atoms with Crippen LogP contribution >= 0.6 is 0 Å². The summed E-state index contributed by atoms with van der Waals surface area (Å²) in [6.45, 7) is 17.0. The lowest BCUT2D eigenvalue weighted by Crippen LogP contribution is -2.58. The minimum absolute atomic E-state index is 0.367. The summed E-state index contributed by atoms with van der Waals surface area (Å²) in [5.74, 6) is 0. The number of hydrogen-bond donors (Lipinski definition) is 1. The van der Waals surface area contributed by atoms with Gasteiger partial charge in [-0.2, -0.15) is 0 Å². The van der Waals surface area contributed by atoms with Crippen molar-refractivity contribution in [2.24, 2.45) is 10.8 Å². The largest absolute Gasteiger partial charge is 0.311 e. The Morgan fingerprint density at radius 2 is 1.79 bits per heavy atom. The number of nitrogens with one attached hydrogen (secondary N) is 1. The summed E-state index contributed by atoms with van der Waals surface area (Å²) in [4.78, 5) is 5.18. The van der Waals surface area contributed by atoms with E-state index in [2.05, 4.69) is 49.9 Å². The lowest BCUT2D eigenvalue weighted by Gasteiger charge is -2.46. The van der Waals surface area contributed by atoms with Crippen molar-refractivity contribution in [2.45, 2.75) is 46.6 Å². The smallest absolute Gasteiger partial charge is 0.0244 e. The van der Waals surface area contributed by atoms with Crippen molar-refractivity contribution in [3.8, 4) is 0 Å². The molecule has 0 bridgehead atoms. The van der Waals surface area contributed by atoms with Crippen molar-refractivity contribution in [2.75, 3.05) is 46.3 Å². The van der Waals surface area contributed by atoms with Gasteiger partial charge in [0.2, 0.25) is 0 Å². The van der Waals surface area contributed by atoms with Crippen LogP contribution in [-0.4, -0.2) is 62.2 Å². The van der Waals surface area contributed by atoms with Gasteiger partial charge in [-0.05, 0) is 43.8 Å². The third-order valence-corrected chi connectivity index (χ3v) is 5.10. The predicted octanol–water partition coefficient (Wildman–Crippen LogP) is 2.04. The molecule has 2 aliphatic rings. The molecule has 1 unspecified atom stereocenters. The Morgan fingerprint density at radius 1 is 1.16 bits per heavy atom. The Bertz CT molecular complexity index is 287. The molecule has 0 amide bonds. The van der Waals surface area contributed by atoms with Gasteiger partial charge >= 0.3 is 0 Å². The number of nitrogens with zero attached hydrogens (tertiary/aromatic N) is 2. The molecule has 1 atom stereocenters. The number of hydrogen-bond acceptors (Lipinski definition) is 3. The maximum absolute atomic E-state index is 3.70. The van der Waals surface area contributed by atoms with Gasteiger partial charge in [0, 0.05) is 32.2 Å². The van der Waals surface area contributed by atoms with E-state index >= 15 is 0 Å². The molecule has 0 spiro atoms. The van der Waals surface area contributed by atoms with E-state index in [0.29, 0.717) is 16.9 Å². The Balaban J connectivity index is 1.88. The summed E-state index contributed by atoms with van der Waals surface area (Å²) in [7, 11) is 2.25. The van der Waals surface area contributed by atoms with Gasteiger partial charge in [0.05, 0.1) is 0 Å². The Kier molecular flexibility index (Phi) is 4.59. The van der Waals surface area contributed by atoms with Crippen LogP contribution in [0.25, 0.3) is 0 Å². The van der Waals surface area contributed by atoms with E-state index in [9.17, 15) is 0 Å². The number of likely N-dealkylation sites (tertiary alicyclic amines) is 1. The van der Waals surface area contributed by atoms with Crippen LogP contribution in [0.15, 0.2) is 0 Å². The second-order valence-corrected chi connectivity index (χ2v) is 8.22. The summed E-state index contributed by atoms with van der Waals surface area (Å²) in [6, 6.07) is 0.635. The number of rotatable bonds is 2. The van der Waals surface area contributed by atoms with Crippen LogP contribution in [0.1, 0.15) is 40.5 Å². The topological polar surface area (TPSA) is 18.5 Å². The first kappa shape index (κ1) is 15.3. The average Bonchev–Trinajstić information content (AvgIpc) is 2.33. The summed E-state index contributed by atoms with van der Waals surface area (Å²) in [5, 5.41) is 3.70. The molecular weight excluding hydrogens is 234 g/mol. The van der Waals surface area contributed by atoms with E-state index in [0.717, 1.165) is 6.54 Å². The van der Waals surface area contributed by atoms with Gasteiger partial charge in [-0.15, -0.1) is 0 Å². The second kappa shape index (κ2) is 5.71. The first-order valence-corrected chi connectivity index (χ1v) is 7.93. The van der Waals surface area contributed by atoms with E-state index < -0.39 is 0 Å². The van der Waals surface area contributed by atoms with Crippen molar-refractivity contribution in [1.29, 1.82) is 0 Å². The molecule has 0 saturated carbocycles. The zero-order valence-corrected chi connectivity index (χ0v) is 13.6. The van der Waals surface area contributed by atoms with Gasteiger partial charge in [0.25, 0.3) is 0 Å². The third-order valence-electron chi connectivity index (χ3n) is 5.10. The molecule has 2 rings (SSSR count). The third kappa shape index (κ3) is 4.17. The molecule has 2 aliphatic heterocycles. The van der Waals surface area contributed by atoms with Gasteiger partial charge in [0.1, 0.15) is 0 Å². The summed E-state index contributed by atoms with van der Waals surface area (Å²) in [6.07, 6.45) is 2.71. The lowest BCUT2D eigenvalue weighted by atomic mass is 9.79. The highest BCUT2D eigenvalue weighted by atomic mass is 15.2. The second-order valence-electron chi connectivity index (χ2n) is 8.22. The summed E-state index contributed by atoms with van der Waals surface area (Å²) in [5.41, 5.74) is 0.901. The normalized spacial score (nSPS) is 30.5. The Labute approximate surface area is 119 Å². The fourth-order valence-electron chi connectivity index (χ4n) is 3.39. The van der Waals surface area contributed by atoms with Gasteiger partial charge in [-0.3, -0.25) is 4.90 Å². The molecule has 0 aromatic rings. The van der Waals surface area contributed by atoms with Crippen molar-refractivity contribution in [3.63, 3.8) is 0 Å². The van der Waals surface area contributed by atoms with E-state index in [1.807, 2.05) is 0 Å². The van der Waals surface area contributed by atoms with Gasteiger partial charge in [-0.25, -0.2) is 0 Å². The average molecular weight is 267 g/mol. The van der Waals surface area contributed by atoms with E-state index in [1.165, 1.54) is 45.6 Å². The zero-order chi connectivity index (χ0) is 14.1. The van der Waals surface area contributed by atoms with Crippen LogP contribution in [0.3, 0.4) is 0 Å². The van der Waals surface area contributed by atoms with Crippen LogP contribution in [0, 0.1) is 10.8 Å². The van der Waals surface area contributed by atoms with Gasteiger partial charge in [-0.1, -0.05) is 27.7 Å². The zero-order valence-electron chi connectivity index (χ0n) is 13.6. The van der Waals surface area contributed by atoms with Crippen molar-refractivity contribution < 1.29 is 0 Å². The quantitative estimate of drug-likeness (QED) is 0.826. The number of piperazine rings is 1. The van der Waals surface area contributed by atoms with Crippen molar-refractivity contribution >= 4 is 0 Å². The molecule has 2 heterocycles. The van der Waals surface area contributed by atoms with Crippen molar-refractivity contribution in [1.82, 2.24) is 15.1 Å². The maximum Gasteiger partial charge on any atom is 0.0244 e. The Hall–Kier alpha value is -0.120. The molecule has 2 fully saturated rings. The molecule has 3 nitrogen and oxygen atoms in total. The van der Waals surface area contributed by atoms with Gasteiger partial charge in [0.15, 0.2) is 0 Å². The van der Waals surface area contributed by atoms with Gasteiger partial charge < -0.3 is 10.2 Å². The highest BCUT2D eigenvalue weighted by molar-refractivity contribution is 4.91. The van der Waals surface area contributed by atoms with E-state index in [-0.39, 0.29) is 0 Å². The van der Waals surface area contributed by atoms with Crippen LogP contribution in [0.2, 0.25) is 0 Å². The minimum Gasteiger partial charge on any atom is -0.311 e. The molecule has 3 heteroatoms. The molecule has 19 heavy (non-hydrogen) atoms. The molecule has 1 N–H and O–H groups in total. The molecule has 0 aromatic carbocycles. The van der Waals surface area contributed by atoms with Crippen LogP contribution in [-0.2, 0) is 0 Å². The minimum atomic E-state index is 0.367. The Morgan fingerprint density at radius 3 is 2.37 bits per heavy atom. The maximum atomic E-state index is 3.70. The van der Waals surface area contributed by atoms with E-state index in [1.54, 1.807) is 0 Å². The first-order chi connectivity index (χ1) is 8.78. The highest BCUT2D eigenvalue weighted by Gasteiger charge is 2.34. The molecule has 0 aliphatic carbocycles. The first-order valence-electron chi connectivity index (χ1n) is 7.93. The van der Waals surface area contributed by atoms with Crippen LogP contribution in [0.5, 0.6) is 0 Å². The predicted molar refractivity (Wildman–Crippen MR) is 82.5 cm³/mol. The summed E-state index contributed by atoms with van der Waals surface area (Å²) >= 11 is 0. The van der Waals surface area contributed by atoms with Crippen LogP contribution in [0.4, 0.5) is 0 Å². The number of piperidine rings is 1. The molecule has 112 valence electrons. The highest BCUT2D eigenvalue weighted by Crippen LogP contribution is 2.32. The van der Waals surface area contributed by atoms with Crippen LogP contribution < -0.4 is 5.32 Å². The van der Waals surface area contributed by atoms with E-state index in [4.69, 9.17) is 0 Å². The fourth-order valence-corrected chi connectivity index (χ4v) is 3.39. The molecule has 0 aromatic heterocycles. The lowest BCUT2D eigenvalue weighted by molar-refractivity contribution is 0.0562. The molecular formula is C16H33N3. The fraction of sp³-hybridized carbons (Fsp3) is 1.00. The SMILES string of the molecule is CN1CCC(C)(CN2CCNC(C(C)(C)C)C2)CC1.